The molecule has 31 heavy (non-hydrogen) atoms. The first kappa shape index (κ1) is 19.6. The van der Waals surface area contributed by atoms with E-state index in [4.69, 9.17) is 0 Å². The Hall–Kier alpha value is -3.40. The molecule has 0 atom stereocenters. The molecule has 0 saturated heterocycles. The van der Waals surface area contributed by atoms with Gasteiger partial charge < -0.3 is 10.6 Å². The van der Waals surface area contributed by atoms with Crippen LogP contribution in [-0.2, 0) is 0 Å². The quantitative estimate of drug-likeness (QED) is 0.417. The molecule has 0 heterocycles. The molecule has 3 aromatic rings. The lowest BCUT2D eigenvalue weighted by Gasteiger charge is -2.28. The van der Waals surface area contributed by atoms with E-state index >= 15 is 0 Å². The van der Waals surface area contributed by atoms with Crippen LogP contribution in [-0.4, -0.2) is 17.6 Å². The first-order chi connectivity index (χ1) is 15.1. The molecule has 2 aliphatic carbocycles. The van der Waals surface area contributed by atoms with Crippen molar-refractivity contribution in [2.24, 2.45) is 0 Å². The van der Waals surface area contributed by atoms with Crippen LogP contribution in [0.15, 0.2) is 60.7 Å². The molecule has 0 bridgehead atoms. The van der Waals surface area contributed by atoms with Crippen molar-refractivity contribution in [2.45, 2.75) is 45.1 Å². The molecule has 1 fully saturated rings. The SMILES string of the molecule is Cc1cccc(Nc2ccc(NC3CCCCC3)c3c2C(=O)c2ccccc2C3=O)c1. The van der Waals surface area contributed by atoms with Gasteiger partial charge >= 0.3 is 0 Å². The molecule has 0 amide bonds. The second kappa shape index (κ2) is 8.03. The average molecular weight is 411 g/mol. The Balaban J connectivity index is 1.62. The van der Waals surface area contributed by atoms with Crippen LogP contribution in [0, 0.1) is 6.92 Å². The average Bonchev–Trinajstić information content (AvgIpc) is 2.79. The summed E-state index contributed by atoms with van der Waals surface area (Å²) in [5.41, 5.74) is 5.38. The lowest BCUT2D eigenvalue weighted by Crippen LogP contribution is -2.27. The van der Waals surface area contributed by atoms with Crippen LogP contribution in [0.25, 0.3) is 0 Å². The van der Waals surface area contributed by atoms with Crippen molar-refractivity contribution in [1.29, 1.82) is 0 Å². The number of rotatable bonds is 4. The standard InChI is InChI=1S/C27H26N2O2/c1-17-8-7-11-19(16-17)29-23-15-14-22(28-18-9-3-2-4-10-18)24-25(23)27(31)21-13-6-5-12-20(21)26(24)30/h5-8,11-16,18,28-29H,2-4,9-10H2,1H3. The van der Waals surface area contributed by atoms with Crippen LogP contribution in [0.5, 0.6) is 0 Å². The van der Waals surface area contributed by atoms with Gasteiger partial charge in [-0.25, -0.2) is 0 Å². The molecule has 0 aromatic heterocycles. The van der Waals surface area contributed by atoms with E-state index in [1.54, 1.807) is 12.1 Å². The molecule has 0 radical (unpaired) electrons. The predicted molar refractivity (Wildman–Crippen MR) is 125 cm³/mol. The third-order valence-corrected chi connectivity index (χ3v) is 6.34. The van der Waals surface area contributed by atoms with Gasteiger partial charge in [0.1, 0.15) is 0 Å². The third kappa shape index (κ3) is 3.63. The number of ketones is 2. The van der Waals surface area contributed by atoms with Gasteiger partial charge in [0.2, 0.25) is 0 Å². The Morgan fingerprint density at radius 3 is 2.06 bits per heavy atom. The highest BCUT2D eigenvalue weighted by Gasteiger charge is 2.34. The van der Waals surface area contributed by atoms with Crippen molar-refractivity contribution in [3.8, 4) is 0 Å². The van der Waals surface area contributed by atoms with Gasteiger partial charge in [-0.2, -0.15) is 0 Å². The van der Waals surface area contributed by atoms with E-state index < -0.39 is 0 Å². The molecule has 5 rings (SSSR count). The Bertz CT molecular complexity index is 1180. The second-order valence-electron chi connectivity index (χ2n) is 8.59. The first-order valence-electron chi connectivity index (χ1n) is 11.1. The molecule has 0 spiro atoms. The van der Waals surface area contributed by atoms with Crippen molar-refractivity contribution >= 4 is 28.6 Å². The highest BCUT2D eigenvalue weighted by molar-refractivity contribution is 6.32. The Morgan fingerprint density at radius 2 is 1.39 bits per heavy atom. The number of nitrogens with one attached hydrogen (secondary N) is 2. The van der Waals surface area contributed by atoms with E-state index in [0.29, 0.717) is 34.0 Å². The van der Waals surface area contributed by atoms with Crippen LogP contribution >= 0.6 is 0 Å². The van der Waals surface area contributed by atoms with Gasteiger partial charge in [-0.1, -0.05) is 55.7 Å². The van der Waals surface area contributed by atoms with Crippen LogP contribution in [0.2, 0.25) is 0 Å². The van der Waals surface area contributed by atoms with E-state index in [1.165, 1.54) is 19.3 Å². The number of hydrogen-bond donors (Lipinski definition) is 2. The van der Waals surface area contributed by atoms with Crippen LogP contribution < -0.4 is 10.6 Å². The molecule has 4 nitrogen and oxygen atoms in total. The number of fused-ring (bicyclic) bond motifs is 2. The molecule has 1 saturated carbocycles. The fourth-order valence-corrected chi connectivity index (χ4v) is 4.79. The lowest BCUT2D eigenvalue weighted by molar-refractivity contribution is 0.0980. The Labute approximate surface area is 182 Å². The largest absolute Gasteiger partial charge is 0.382 e. The van der Waals surface area contributed by atoms with Gasteiger partial charge in [0.05, 0.1) is 16.8 Å². The van der Waals surface area contributed by atoms with Gasteiger partial charge in [0, 0.05) is 28.5 Å². The maximum absolute atomic E-state index is 13.6. The zero-order valence-electron chi connectivity index (χ0n) is 17.7. The van der Waals surface area contributed by atoms with Crippen molar-refractivity contribution < 1.29 is 9.59 Å². The Kier molecular flexibility index (Phi) is 5.06. The van der Waals surface area contributed by atoms with E-state index in [-0.39, 0.29) is 11.6 Å². The maximum atomic E-state index is 13.6. The summed E-state index contributed by atoms with van der Waals surface area (Å²) < 4.78 is 0. The minimum atomic E-state index is -0.104. The highest BCUT2D eigenvalue weighted by Crippen LogP contribution is 2.38. The molecule has 2 N–H and O–H groups in total. The monoisotopic (exact) mass is 410 g/mol. The number of benzene rings is 3. The summed E-state index contributed by atoms with van der Waals surface area (Å²) in [5.74, 6) is -0.191. The minimum absolute atomic E-state index is 0.0867. The fraction of sp³-hybridized carbons (Fsp3) is 0.259. The molecular weight excluding hydrogens is 384 g/mol. The fourth-order valence-electron chi connectivity index (χ4n) is 4.79. The van der Waals surface area contributed by atoms with E-state index in [9.17, 15) is 9.59 Å². The van der Waals surface area contributed by atoms with E-state index in [1.807, 2.05) is 55.5 Å². The first-order valence-corrected chi connectivity index (χ1v) is 11.1. The van der Waals surface area contributed by atoms with Crippen molar-refractivity contribution in [3.63, 3.8) is 0 Å². The molecular formula is C27H26N2O2. The number of aryl methyl sites for hydroxylation is 1. The summed E-state index contributed by atoms with van der Waals surface area (Å²) in [4.78, 5) is 27.1. The van der Waals surface area contributed by atoms with Crippen molar-refractivity contribution in [3.05, 3.63) is 88.5 Å². The molecule has 0 aliphatic heterocycles. The Morgan fingerprint density at radius 1 is 0.742 bits per heavy atom. The van der Waals surface area contributed by atoms with Crippen LogP contribution in [0.3, 0.4) is 0 Å². The highest BCUT2D eigenvalue weighted by atomic mass is 16.1. The van der Waals surface area contributed by atoms with Crippen molar-refractivity contribution in [2.75, 3.05) is 10.6 Å². The number of hydrogen-bond acceptors (Lipinski definition) is 4. The topological polar surface area (TPSA) is 58.2 Å². The minimum Gasteiger partial charge on any atom is -0.382 e. The predicted octanol–water partition coefficient (Wildman–Crippen LogP) is 6.26. The van der Waals surface area contributed by atoms with Gasteiger partial charge in [0.15, 0.2) is 11.6 Å². The summed E-state index contributed by atoms with van der Waals surface area (Å²) >= 11 is 0. The summed E-state index contributed by atoms with van der Waals surface area (Å²) in [6, 6.07) is 19.4. The van der Waals surface area contributed by atoms with Crippen LogP contribution in [0.1, 0.15) is 69.5 Å². The number of carbonyl (C=O) groups is 2. The summed E-state index contributed by atoms with van der Waals surface area (Å²) in [5, 5.41) is 6.97. The second-order valence-corrected chi connectivity index (χ2v) is 8.59. The van der Waals surface area contributed by atoms with Gasteiger partial charge in [-0.15, -0.1) is 0 Å². The smallest absolute Gasteiger partial charge is 0.196 e. The zero-order chi connectivity index (χ0) is 21.4. The van der Waals surface area contributed by atoms with Crippen molar-refractivity contribution in [1.82, 2.24) is 0 Å². The summed E-state index contributed by atoms with van der Waals surface area (Å²) in [6.07, 6.45) is 5.85. The molecule has 3 aromatic carbocycles. The lowest BCUT2D eigenvalue weighted by atomic mass is 9.82. The normalized spacial score (nSPS) is 15.9. The maximum Gasteiger partial charge on any atom is 0.196 e. The van der Waals surface area contributed by atoms with Crippen LogP contribution in [0.4, 0.5) is 17.1 Å². The number of carbonyl (C=O) groups excluding carboxylic acids is 2. The number of anilines is 3. The molecule has 156 valence electrons. The molecule has 4 heteroatoms. The zero-order valence-corrected chi connectivity index (χ0v) is 17.7. The van der Waals surface area contributed by atoms with Gasteiger partial charge in [-0.05, 0) is 49.6 Å². The van der Waals surface area contributed by atoms with E-state index in [0.717, 1.165) is 29.8 Å². The third-order valence-electron chi connectivity index (χ3n) is 6.34. The summed E-state index contributed by atoms with van der Waals surface area (Å²) in [7, 11) is 0. The molecule has 0 unspecified atom stereocenters. The molecule has 2 aliphatic rings. The van der Waals surface area contributed by atoms with E-state index in [2.05, 4.69) is 10.6 Å². The summed E-state index contributed by atoms with van der Waals surface area (Å²) in [6.45, 7) is 2.03. The van der Waals surface area contributed by atoms with Gasteiger partial charge in [-0.3, -0.25) is 9.59 Å². The van der Waals surface area contributed by atoms with Gasteiger partial charge in [0.25, 0.3) is 0 Å².